The predicted molar refractivity (Wildman–Crippen MR) is 107 cm³/mol. The molecule has 0 bridgehead atoms. The van der Waals surface area contributed by atoms with Crippen molar-refractivity contribution in [3.05, 3.63) is 88.9 Å². The molecule has 26 heavy (non-hydrogen) atoms. The average Bonchev–Trinajstić information content (AvgIpc) is 2.68. The molecular formula is C22H22ClNO2. The summed E-state index contributed by atoms with van der Waals surface area (Å²) in [7, 11) is 0. The summed E-state index contributed by atoms with van der Waals surface area (Å²) in [4.78, 5) is 0. The Labute approximate surface area is 159 Å². The van der Waals surface area contributed by atoms with E-state index < -0.39 is 0 Å². The van der Waals surface area contributed by atoms with E-state index in [-0.39, 0.29) is 0 Å². The number of nitrogens with one attached hydrogen (secondary N) is 1. The van der Waals surface area contributed by atoms with Crippen LogP contribution in [-0.4, -0.2) is 13.2 Å². The van der Waals surface area contributed by atoms with Crippen LogP contribution in [0.2, 0.25) is 5.02 Å². The number of halogens is 1. The van der Waals surface area contributed by atoms with Gasteiger partial charge in [-0.3, -0.25) is 0 Å². The first-order chi connectivity index (χ1) is 12.7. The highest BCUT2D eigenvalue weighted by molar-refractivity contribution is 6.31. The number of benzene rings is 3. The second-order valence-electron chi connectivity index (χ2n) is 5.94. The maximum Gasteiger partial charge on any atom is 0.124 e. The molecule has 4 heteroatoms. The van der Waals surface area contributed by atoms with Gasteiger partial charge in [0.25, 0.3) is 0 Å². The van der Waals surface area contributed by atoms with Gasteiger partial charge in [0.15, 0.2) is 0 Å². The number of hydrogen-bond acceptors (Lipinski definition) is 3. The van der Waals surface area contributed by atoms with Crippen molar-refractivity contribution in [1.29, 1.82) is 0 Å². The van der Waals surface area contributed by atoms with E-state index in [0.29, 0.717) is 19.8 Å². The molecule has 0 aliphatic carbocycles. The van der Waals surface area contributed by atoms with Crippen LogP contribution in [0.25, 0.3) is 0 Å². The summed E-state index contributed by atoms with van der Waals surface area (Å²) in [6.07, 6.45) is 0. The first-order valence-corrected chi connectivity index (χ1v) is 8.99. The highest BCUT2D eigenvalue weighted by atomic mass is 35.5. The summed E-state index contributed by atoms with van der Waals surface area (Å²) < 4.78 is 11.6. The van der Waals surface area contributed by atoms with E-state index in [1.54, 1.807) is 0 Å². The van der Waals surface area contributed by atoms with Gasteiger partial charge in [-0.15, -0.1) is 0 Å². The molecule has 1 N–H and O–H groups in total. The molecule has 3 aromatic carbocycles. The average molecular weight is 368 g/mol. The minimum atomic E-state index is 0.488. The van der Waals surface area contributed by atoms with Gasteiger partial charge in [-0.25, -0.2) is 0 Å². The van der Waals surface area contributed by atoms with E-state index >= 15 is 0 Å². The second kappa shape index (κ2) is 9.16. The summed E-state index contributed by atoms with van der Waals surface area (Å²) in [5, 5.41) is 4.15. The smallest absolute Gasteiger partial charge is 0.124 e. The third kappa shape index (κ3) is 5.17. The second-order valence-corrected chi connectivity index (χ2v) is 6.34. The van der Waals surface area contributed by atoms with Crippen molar-refractivity contribution >= 4 is 17.3 Å². The Morgan fingerprint density at radius 3 is 2.38 bits per heavy atom. The van der Waals surface area contributed by atoms with Gasteiger partial charge in [0.05, 0.1) is 0 Å². The molecule has 0 saturated heterocycles. The minimum Gasteiger partial charge on any atom is -0.490 e. The molecule has 3 nitrogen and oxygen atoms in total. The minimum absolute atomic E-state index is 0.488. The molecule has 0 heterocycles. The van der Waals surface area contributed by atoms with E-state index in [0.717, 1.165) is 33.3 Å². The van der Waals surface area contributed by atoms with Crippen LogP contribution in [0.4, 0.5) is 5.69 Å². The molecule has 3 rings (SSSR count). The van der Waals surface area contributed by atoms with E-state index in [1.165, 1.54) is 0 Å². The zero-order valence-corrected chi connectivity index (χ0v) is 15.5. The zero-order valence-electron chi connectivity index (χ0n) is 14.7. The Morgan fingerprint density at radius 1 is 0.846 bits per heavy atom. The normalized spacial score (nSPS) is 10.4. The number of anilines is 1. The van der Waals surface area contributed by atoms with Crippen LogP contribution >= 0.6 is 11.6 Å². The molecule has 0 saturated carbocycles. The van der Waals surface area contributed by atoms with E-state index in [2.05, 4.69) is 11.4 Å². The van der Waals surface area contributed by atoms with E-state index in [9.17, 15) is 0 Å². The monoisotopic (exact) mass is 367 g/mol. The van der Waals surface area contributed by atoms with Gasteiger partial charge < -0.3 is 14.8 Å². The fraction of sp³-hybridized carbons (Fsp3) is 0.182. The van der Waals surface area contributed by atoms with Crippen molar-refractivity contribution in [3.63, 3.8) is 0 Å². The summed E-state index contributed by atoms with van der Waals surface area (Å²) in [5.74, 6) is 1.71. The van der Waals surface area contributed by atoms with Crippen molar-refractivity contribution in [2.75, 3.05) is 18.5 Å². The van der Waals surface area contributed by atoms with Crippen LogP contribution in [0.15, 0.2) is 72.8 Å². The largest absolute Gasteiger partial charge is 0.490 e. The third-order valence-corrected chi connectivity index (χ3v) is 4.39. The summed E-state index contributed by atoms with van der Waals surface area (Å²) >= 11 is 6.18. The molecule has 0 aliphatic rings. The first-order valence-electron chi connectivity index (χ1n) is 8.61. The SMILES string of the molecule is Cc1ccc(NCc2ccccc2OCCOc2ccccc2)cc1Cl. The zero-order chi connectivity index (χ0) is 18.2. The summed E-state index contributed by atoms with van der Waals surface area (Å²) in [6, 6.07) is 23.7. The standard InChI is InChI=1S/C22H22ClNO2/c1-17-11-12-19(15-21(17)23)24-16-18-7-5-6-10-22(18)26-14-13-25-20-8-3-2-4-9-20/h2-12,15,24H,13-14,16H2,1H3. The lowest BCUT2D eigenvalue weighted by atomic mass is 10.2. The third-order valence-electron chi connectivity index (χ3n) is 3.98. The number of hydrogen-bond donors (Lipinski definition) is 1. The Kier molecular flexibility index (Phi) is 6.39. The highest BCUT2D eigenvalue weighted by Crippen LogP contribution is 2.23. The summed E-state index contributed by atoms with van der Waals surface area (Å²) in [6.45, 7) is 3.64. The number of ether oxygens (including phenoxy) is 2. The predicted octanol–water partition coefficient (Wildman–Crippen LogP) is 5.72. The van der Waals surface area contributed by atoms with Gasteiger partial charge in [0, 0.05) is 22.8 Å². The van der Waals surface area contributed by atoms with Gasteiger partial charge in [0.1, 0.15) is 24.7 Å². The Balaban J connectivity index is 1.53. The molecule has 3 aromatic rings. The van der Waals surface area contributed by atoms with E-state index in [1.807, 2.05) is 73.7 Å². The molecule has 0 radical (unpaired) electrons. The van der Waals surface area contributed by atoms with Crippen LogP contribution in [0, 0.1) is 6.92 Å². The lowest BCUT2D eigenvalue weighted by Gasteiger charge is -2.14. The first kappa shape index (κ1) is 18.2. The van der Waals surface area contributed by atoms with Crippen molar-refractivity contribution < 1.29 is 9.47 Å². The fourth-order valence-corrected chi connectivity index (χ4v) is 2.70. The maximum absolute atomic E-state index is 6.18. The van der Waals surface area contributed by atoms with Gasteiger partial charge in [-0.05, 0) is 42.8 Å². The van der Waals surface area contributed by atoms with Crippen molar-refractivity contribution in [1.82, 2.24) is 0 Å². The maximum atomic E-state index is 6.18. The topological polar surface area (TPSA) is 30.5 Å². The van der Waals surface area contributed by atoms with E-state index in [4.69, 9.17) is 21.1 Å². The number of aryl methyl sites for hydroxylation is 1. The van der Waals surface area contributed by atoms with Crippen LogP contribution in [-0.2, 0) is 6.54 Å². The highest BCUT2D eigenvalue weighted by Gasteiger charge is 2.04. The fourth-order valence-electron chi connectivity index (χ4n) is 2.52. The van der Waals surface area contributed by atoms with Crippen LogP contribution < -0.4 is 14.8 Å². The van der Waals surface area contributed by atoms with Crippen LogP contribution in [0.5, 0.6) is 11.5 Å². The van der Waals surface area contributed by atoms with Gasteiger partial charge in [-0.1, -0.05) is 54.1 Å². The van der Waals surface area contributed by atoms with Crippen LogP contribution in [0.1, 0.15) is 11.1 Å². The lowest BCUT2D eigenvalue weighted by Crippen LogP contribution is -2.11. The molecular weight excluding hydrogens is 346 g/mol. The van der Waals surface area contributed by atoms with Gasteiger partial charge in [-0.2, -0.15) is 0 Å². The molecule has 0 atom stereocenters. The van der Waals surface area contributed by atoms with Crippen molar-refractivity contribution in [2.24, 2.45) is 0 Å². The van der Waals surface area contributed by atoms with Gasteiger partial charge in [0.2, 0.25) is 0 Å². The molecule has 0 aromatic heterocycles. The molecule has 0 unspecified atom stereocenters. The molecule has 0 fully saturated rings. The van der Waals surface area contributed by atoms with Crippen LogP contribution in [0.3, 0.4) is 0 Å². The lowest BCUT2D eigenvalue weighted by molar-refractivity contribution is 0.216. The Bertz CT molecular complexity index is 837. The Morgan fingerprint density at radius 2 is 1.58 bits per heavy atom. The molecule has 0 amide bonds. The number of para-hydroxylation sites is 2. The van der Waals surface area contributed by atoms with Crippen molar-refractivity contribution in [3.8, 4) is 11.5 Å². The summed E-state index contributed by atoms with van der Waals surface area (Å²) in [5.41, 5.74) is 3.14. The molecule has 134 valence electrons. The number of rotatable bonds is 8. The molecule has 0 aliphatic heterocycles. The molecule has 0 spiro atoms. The quantitative estimate of drug-likeness (QED) is 0.516. The van der Waals surface area contributed by atoms with Crippen molar-refractivity contribution in [2.45, 2.75) is 13.5 Å². The Hall–Kier alpha value is -2.65. The van der Waals surface area contributed by atoms with Gasteiger partial charge >= 0.3 is 0 Å².